The lowest BCUT2D eigenvalue weighted by molar-refractivity contribution is -0.138. The van der Waals surface area contributed by atoms with Crippen molar-refractivity contribution >= 4 is 13.8 Å². The molecule has 0 radical (unpaired) electrons. The molecule has 0 rings (SSSR count). The van der Waals surface area contributed by atoms with Crippen LogP contribution in [0.25, 0.3) is 0 Å². The lowest BCUT2D eigenvalue weighted by Crippen LogP contribution is -2.29. The second kappa shape index (κ2) is 36.0. The Morgan fingerprint density at radius 3 is 1.16 bits per heavy atom. The number of rotatable bonds is 33. The standard InChI is InChI=1S/C28H59O4P.C6H14N2O2/c1-3-5-7-9-11-13-15-17-19-21-23-25-27-31-33(29,30)32-28-26-24-22-20-18-16-14-12-10-8-6-4-2;7-4-2-1-3-5(8)6(9)10/h3-28H2,1-2H3,(H,29,30);5H,1-4,7-8H2,(H,9,10)/t;5-/m.0/s1. The second-order valence-corrected chi connectivity index (χ2v) is 13.6. The monoisotopic (exact) mass is 637 g/mol. The van der Waals surface area contributed by atoms with Crippen molar-refractivity contribution in [2.75, 3.05) is 19.8 Å². The van der Waals surface area contributed by atoms with Crippen LogP contribution in [0.15, 0.2) is 0 Å². The van der Waals surface area contributed by atoms with Crippen LogP contribution in [0.2, 0.25) is 0 Å². The molecule has 0 saturated carbocycles. The predicted molar refractivity (Wildman–Crippen MR) is 182 cm³/mol. The minimum Gasteiger partial charge on any atom is -0.480 e. The molecule has 260 valence electrons. The first-order valence-electron chi connectivity index (χ1n) is 18.1. The number of carboxylic acid groups (broad SMARTS) is 1. The molecule has 0 unspecified atom stereocenters. The molecule has 9 heteroatoms. The maximum atomic E-state index is 11.9. The average Bonchev–Trinajstić information content (AvgIpc) is 2.98. The molecular weight excluding hydrogens is 563 g/mol. The number of phosphoric ester groups is 1. The van der Waals surface area contributed by atoms with Crippen LogP contribution in [-0.4, -0.2) is 41.8 Å². The maximum absolute atomic E-state index is 11.9. The number of hydrogen-bond acceptors (Lipinski definition) is 6. The van der Waals surface area contributed by atoms with E-state index in [9.17, 15) is 14.3 Å². The van der Waals surface area contributed by atoms with E-state index in [1.807, 2.05) is 0 Å². The summed E-state index contributed by atoms with van der Waals surface area (Å²) in [5.74, 6) is -0.933. The van der Waals surface area contributed by atoms with E-state index in [1.54, 1.807) is 0 Å². The van der Waals surface area contributed by atoms with Crippen molar-refractivity contribution in [2.24, 2.45) is 11.5 Å². The molecule has 0 aromatic rings. The van der Waals surface area contributed by atoms with Gasteiger partial charge in [-0.15, -0.1) is 0 Å². The smallest absolute Gasteiger partial charge is 0.472 e. The third-order valence-corrected chi connectivity index (χ3v) is 8.81. The highest BCUT2D eigenvalue weighted by Gasteiger charge is 2.19. The van der Waals surface area contributed by atoms with Gasteiger partial charge in [0.05, 0.1) is 13.2 Å². The largest absolute Gasteiger partial charge is 0.480 e. The minimum absolute atomic E-state index is 0.323. The molecule has 0 bridgehead atoms. The summed E-state index contributed by atoms with van der Waals surface area (Å²) in [6, 6.07) is -0.716. The van der Waals surface area contributed by atoms with Gasteiger partial charge in [-0.25, -0.2) is 4.57 Å². The maximum Gasteiger partial charge on any atom is 0.472 e. The molecule has 1 atom stereocenters. The summed E-state index contributed by atoms with van der Waals surface area (Å²) in [5, 5.41) is 8.33. The average molecular weight is 637 g/mol. The van der Waals surface area contributed by atoms with Gasteiger partial charge in [0.15, 0.2) is 0 Å². The van der Waals surface area contributed by atoms with Crippen LogP contribution in [0, 0.1) is 0 Å². The molecule has 8 nitrogen and oxygen atoms in total. The van der Waals surface area contributed by atoms with Gasteiger partial charge in [-0.2, -0.15) is 0 Å². The fourth-order valence-corrected chi connectivity index (χ4v) is 5.71. The Balaban J connectivity index is 0. The fourth-order valence-electron chi connectivity index (χ4n) is 4.92. The van der Waals surface area contributed by atoms with Crippen molar-refractivity contribution in [3.63, 3.8) is 0 Å². The lowest BCUT2D eigenvalue weighted by atomic mass is 10.1. The molecule has 0 heterocycles. The van der Waals surface area contributed by atoms with Gasteiger partial charge in [0, 0.05) is 0 Å². The van der Waals surface area contributed by atoms with E-state index in [2.05, 4.69) is 13.8 Å². The van der Waals surface area contributed by atoms with Crippen molar-refractivity contribution in [1.29, 1.82) is 0 Å². The van der Waals surface area contributed by atoms with E-state index >= 15 is 0 Å². The van der Waals surface area contributed by atoms with Crippen LogP contribution in [0.3, 0.4) is 0 Å². The zero-order valence-corrected chi connectivity index (χ0v) is 29.3. The van der Waals surface area contributed by atoms with Gasteiger partial charge in [0.25, 0.3) is 0 Å². The van der Waals surface area contributed by atoms with Crippen LogP contribution < -0.4 is 11.5 Å². The number of aliphatic carboxylic acids is 1. The summed E-state index contributed by atoms with van der Waals surface area (Å²) in [4.78, 5) is 19.9. The van der Waals surface area contributed by atoms with Crippen molar-refractivity contribution in [1.82, 2.24) is 0 Å². The highest BCUT2D eigenvalue weighted by Crippen LogP contribution is 2.43. The second-order valence-electron chi connectivity index (χ2n) is 12.1. The van der Waals surface area contributed by atoms with Gasteiger partial charge in [0.2, 0.25) is 0 Å². The minimum atomic E-state index is -3.86. The van der Waals surface area contributed by atoms with E-state index in [0.29, 0.717) is 26.2 Å². The Labute approximate surface area is 266 Å². The molecule has 6 N–H and O–H groups in total. The number of phosphoric acid groups is 1. The zero-order chi connectivity index (χ0) is 32.3. The van der Waals surface area contributed by atoms with E-state index in [1.165, 1.54) is 128 Å². The first kappa shape index (κ1) is 44.6. The predicted octanol–water partition coefficient (Wildman–Crippen LogP) is 10.0. The number of nitrogens with two attached hydrogens (primary N) is 2. The van der Waals surface area contributed by atoms with Crippen LogP contribution in [0.4, 0.5) is 0 Å². The molecular formula is C34H73N2O6P. The number of carboxylic acids is 1. The molecule has 0 aromatic heterocycles. The molecule has 0 aliphatic rings. The molecule has 0 fully saturated rings. The molecule has 43 heavy (non-hydrogen) atoms. The van der Waals surface area contributed by atoms with Gasteiger partial charge < -0.3 is 21.5 Å². The van der Waals surface area contributed by atoms with Crippen LogP contribution in [0.1, 0.15) is 187 Å². The highest BCUT2D eigenvalue weighted by molar-refractivity contribution is 7.47. The fraction of sp³-hybridized carbons (Fsp3) is 0.971. The Bertz CT molecular complexity index is 577. The summed E-state index contributed by atoms with van der Waals surface area (Å²) in [7, 11) is -3.86. The first-order chi connectivity index (χ1) is 20.8. The van der Waals surface area contributed by atoms with Gasteiger partial charge in [-0.05, 0) is 32.2 Å². The Hall–Kier alpha value is -0.500. The first-order valence-corrected chi connectivity index (χ1v) is 19.6. The molecule has 0 saturated heterocycles. The van der Waals surface area contributed by atoms with E-state index in [0.717, 1.165) is 38.5 Å². The van der Waals surface area contributed by atoms with Crippen molar-refractivity contribution in [3.8, 4) is 0 Å². The molecule has 0 aliphatic heterocycles. The van der Waals surface area contributed by atoms with Crippen LogP contribution in [0.5, 0.6) is 0 Å². The van der Waals surface area contributed by atoms with Gasteiger partial charge >= 0.3 is 13.8 Å². The summed E-state index contributed by atoms with van der Waals surface area (Å²) in [6.45, 7) is 5.77. The van der Waals surface area contributed by atoms with Gasteiger partial charge in [-0.1, -0.05) is 162 Å². The highest BCUT2D eigenvalue weighted by atomic mass is 31.2. The third-order valence-electron chi connectivity index (χ3n) is 7.79. The van der Waals surface area contributed by atoms with Crippen molar-refractivity contribution in [2.45, 2.75) is 193 Å². The zero-order valence-electron chi connectivity index (χ0n) is 28.4. The summed E-state index contributed by atoms with van der Waals surface area (Å²) in [5.41, 5.74) is 10.4. The number of unbranched alkanes of at least 4 members (excludes halogenated alkanes) is 23. The van der Waals surface area contributed by atoms with E-state index in [-0.39, 0.29) is 0 Å². The topological polar surface area (TPSA) is 145 Å². The quantitative estimate of drug-likeness (QED) is 0.0411. The molecule has 0 spiro atoms. The summed E-state index contributed by atoms with van der Waals surface area (Å²) < 4.78 is 22.2. The summed E-state index contributed by atoms with van der Waals surface area (Å²) >= 11 is 0. The van der Waals surface area contributed by atoms with Crippen LogP contribution in [-0.2, 0) is 18.4 Å². The number of carbonyl (C=O) groups is 1. The molecule has 0 amide bonds. The van der Waals surface area contributed by atoms with Crippen molar-refractivity contribution < 1.29 is 28.4 Å². The Morgan fingerprint density at radius 2 is 0.884 bits per heavy atom. The third kappa shape index (κ3) is 39.5. The van der Waals surface area contributed by atoms with Crippen molar-refractivity contribution in [3.05, 3.63) is 0 Å². The normalized spacial score (nSPS) is 12.2. The Morgan fingerprint density at radius 1 is 0.581 bits per heavy atom. The van der Waals surface area contributed by atoms with E-state index in [4.69, 9.17) is 25.6 Å². The van der Waals surface area contributed by atoms with Crippen LogP contribution >= 0.6 is 7.82 Å². The number of hydrogen-bond donors (Lipinski definition) is 4. The molecule has 0 aliphatic carbocycles. The lowest BCUT2D eigenvalue weighted by Gasteiger charge is -2.12. The van der Waals surface area contributed by atoms with Gasteiger partial charge in [-0.3, -0.25) is 13.8 Å². The summed E-state index contributed by atoms with van der Waals surface area (Å²) in [6.07, 6.45) is 32.7. The van der Waals surface area contributed by atoms with Gasteiger partial charge in [0.1, 0.15) is 6.04 Å². The van der Waals surface area contributed by atoms with E-state index < -0.39 is 19.8 Å². The Kier molecular flexibility index (Phi) is 37.3. The molecule has 0 aromatic carbocycles. The SMILES string of the molecule is CCCCCCCCCCCCCCOP(=O)(O)OCCCCCCCCCCCCCC.NCCCC[C@H](N)C(=O)O.